The number of halogens is 1. The van der Waals surface area contributed by atoms with E-state index in [-0.39, 0.29) is 22.6 Å². The van der Waals surface area contributed by atoms with Crippen molar-refractivity contribution >= 4 is 23.3 Å². The molecule has 0 saturated heterocycles. The molecule has 1 aromatic carbocycles. The van der Waals surface area contributed by atoms with Gasteiger partial charge in [0.05, 0.1) is 0 Å². The molecule has 1 amide bonds. The van der Waals surface area contributed by atoms with E-state index in [4.69, 9.17) is 11.6 Å². The molecule has 0 aliphatic heterocycles. The predicted molar refractivity (Wildman–Crippen MR) is 67.8 cm³/mol. The fourth-order valence-corrected chi connectivity index (χ4v) is 1.63. The molecule has 5 nitrogen and oxygen atoms in total. The van der Waals surface area contributed by atoms with Crippen LogP contribution < -0.4 is 5.32 Å². The Morgan fingerprint density at radius 3 is 2.72 bits per heavy atom. The molecule has 0 spiro atoms. The summed E-state index contributed by atoms with van der Waals surface area (Å²) in [6.45, 7) is 1.73. The third kappa shape index (κ3) is 2.57. The number of carbonyl (C=O) groups is 1. The Labute approximate surface area is 108 Å². The molecule has 1 heterocycles. The minimum atomic E-state index is -0.352. The van der Waals surface area contributed by atoms with E-state index in [0.717, 1.165) is 0 Å². The topological polar surface area (TPSA) is 75.1 Å². The molecular weight excluding hydrogens is 254 g/mol. The number of benzene rings is 1. The van der Waals surface area contributed by atoms with Crippen molar-refractivity contribution < 1.29 is 9.90 Å². The first kappa shape index (κ1) is 12.3. The quantitative estimate of drug-likeness (QED) is 0.872. The highest BCUT2D eigenvalue weighted by Gasteiger charge is 2.12. The third-order valence-corrected chi connectivity index (χ3v) is 2.62. The summed E-state index contributed by atoms with van der Waals surface area (Å²) in [5.41, 5.74) is 1.10. The van der Waals surface area contributed by atoms with Crippen LogP contribution in [-0.2, 0) is 0 Å². The van der Waals surface area contributed by atoms with Gasteiger partial charge < -0.3 is 10.4 Å². The number of hydrogen-bond donors (Lipinski definition) is 2. The molecule has 0 fully saturated rings. The van der Waals surface area contributed by atoms with Crippen LogP contribution in [0.15, 0.2) is 30.6 Å². The molecule has 1 aromatic heterocycles. The first-order chi connectivity index (χ1) is 8.58. The summed E-state index contributed by atoms with van der Waals surface area (Å²) < 4.78 is 0. The highest BCUT2D eigenvalue weighted by Crippen LogP contribution is 2.19. The number of aryl methyl sites for hydroxylation is 1. The number of hydrogen-bond acceptors (Lipinski definition) is 4. The molecule has 0 aliphatic rings. The Morgan fingerprint density at radius 2 is 2.06 bits per heavy atom. The first-order valence-electron chi connectivity index (χ1n) is 5.15. The van der Waals surface area contributed by atoms with Crippen molar-refractivity contribution in [2.75, 3.05) is 5.32 Å². The molecule has 0 aliphatic carbocycles. The minimum absolute atomic E-state index is 0.113. The summed E-state index contributed by atoms with van der Waals surface area (Å²) in [7, 11) is 0. The van der Waals surface area contributed by atoms with Crippen molar-refractivity contribution in [2.45, 2.75) is 6.92 Å². The molecule has 0 radical (unpaired) electrons. The van der Waals surface area contributed by atoms with Gasteiger partial charge in [-0.2, -0.15) is 0 Å². The number of aromatic hydroxyl groups is 1. The monoisotopic (exact) mass is 263 g/mol. The summed E-state index contributed by atoms with van der Waals surface area (Å²) >= 11 is 5.79. The summed E-state index contributed by atoms with van der Waals surface area (Å²) in [6, 6.07) is 4.48. The zero-order chi connectivity index (χ0) is 13.1. The lowest BCUT2D eigenvalue weighted by atomic mass is 10.1. The Balaban J connectivity index is 2.25. The van der Waals surface area contributed by atoms with Crippen molar-refractivity contribution in [3.05, 3.63) is 46.9 Å². The van der Waals surface area contributed by atoms with Crippen molar-refractivity contribution in [3.63, 3.8) is 0 Å². The highest BCUT2D eigenvalue weighted by molar-refractivity contribution is 6.32. The van der Waals surface area contributed by atoms with Gasteiger partial charge in [-0.15, -0.1) is 0 Å². The van der Waals surface area contributed by atoms with Crippen molar-refractivity contribution in [1.82, 2.24) is 9.97 Å². The van der Waals surface area contributed by atoms with E-state index in [1.165, 1.54) is 30.6 Å². The fraction of sp³-hybridized carbons (Fsp3) is 0.0833. The number of carbonyl (C=O) groups excluding carboxylic acids is 1. The molecular formula is C12H10ClN3O2. The lowest BCUT2D eigenvalue weighted by molar-refractivity contribution is 0.102. The fourth-order valence-electron chi connectivity index (χ4n) is 1.48. The van der Waals surface area contributed by atoms with Crippen molar-refractivity contribution in [1.29, 1.82) is 0 Å². The summed E-state index contributed by atoms with van der Waals surface area (Å²) in [5.74, 6) is -0.0341. The second-order valence-electron chi connectivity index (χ2n) is 3.65. The maximum Gasteiger partial charge on any atom is 0.257 e. The van der Waals surface area contributed by atoms with E-state index in [1.807, 2.05) is 0 Å². The molecule has 92 valence electrons. The number of phenolic OH excluding ortho intramolecular Hbond substituents is 1. The van der Waals surface area contributed by atoms with Crippen LogP contribution in [0, 0.1) is 6.92 Å². The maximum absolute atomic E-state index is 12.0. The van der Waals surface area contributed by atoms with Gasteiger partial charge in [-0.05, 0) is 30.7 Å². The van der Waals surface area contributed by atoms with Gasteiger partial charge in [0.15, 0.2) is 11.0 Å². The van der Waals surface area contributed by atoms with Gasteiger partial charge in [0.25, 0.3) is 5.91 Å². The van der Waals surface area contributed by atoms with E-state index >= 15 is 0 Å². The molecule has 0 bridgehead atoms. The first-order valence-corrected chi connectivity index (χ1v) is 5.53. The number of amides is 1. The predicted octanol–water partition coefficient (Wildman–Crippen LogP) is 2.40. The van der Waals surface area contributed by atoms with Gasteiger partial charge in [-0.25, -0.2) is 9.97 Å². The number of phenols is 1. The Morgan fingerprint density at radius 1 is 1.33 bits per heavy atom. The molecule has 2 N–H and O–H groups in total. The van der Waals surface area contributed by atoms with E-state index in [2.05, 4.69) is 15.3 Å². The van der Waals surface area contributed by atoms with E-state index in [1.54, 1.807) is 6.92 Å². The lowest BCUT2D eigenvalue weighted by Crippen LogP contribution is -2.14. The van der Waals surface area contributed by atoms with Crippen molar-refractivity contribution in [3.8, 4) is 5.75 Å². The lowest BCUT2D eigenvalue weighted by Gasteiger charge is -2.07. The van der Waals surface area contributed by atoms with Crippen LogP contribution in [0.5, 0.6) is 5.75 Å². The van der Waals surface area contributed by atoms with Crippen LogP contribution in [-0.4, -0.2) is 21.0 Å². The van der Waals surface area contributed by atoms with E-state index < -0.39 is 0 Å². The Hall–Kier alpha value is -2.14. The number of anilines is 1. The number of nitrogens with zero attached hydrogens (tertiary/aromatic N) is 2. The molecule has 18 heavy (non-hydrogen) atoms. The van der Waals surface area contributed by atoms with Gasteiger partial charge >= 0.3 is 0 Å². The number of aromatic nitrogens is 2. The average Bonchev–Trinajstić information content (AvgIpc) is 2.32. The van der Waals surface area contributed by atoms with Crippen LogP contribution in [0.25, 0.3) is 0 Å². The molecule has 0 saturated carbocycles. The third-order valence-electron chi connectivity index (χ3n) is 2.34. The van der Waals surface area contributed by atoms with Crippen LogP contribution in [0.4, 0.5) is 5.82 Å². The zero-order valence-corrected chi connectivity index (χ0v) is 10.3. The Bertz CT molecular complexity index is 602. The summed E-state index contributed by atoms with van der Waals surface area (Å²) in [4.78, 5) is 19.7. The standard InChI is InChI=1S/C12H10ClN3O2/c1-7-6-8(17)2-3-9(7)12(18)16-11-10(13)14-4-5-15-11/h2-6,17H,1H3,(H,15,16,18). The average molecular weight is 264 g/mol. The second-order valence-corrected chi connectivity index (χ2v) is 4.01. The SMILES string of the molecule is Cc1cc(O)ccc1C(=O)Nc1nccnc1Cl. The van der Waals surface area contributed by atoms with E-state index in [0.29, 0.717) is 11.1 Å². The number of nitrogens with one attached hydrogen (secondary N) is 1. The van der Waals surface area contributed by atoms with Gasteiger partial charge in [-0.3, -0.25) is 4.79 Å². The molecule has 2 rings (SSSR count). The van der Waals surface area contributed by atoms with Gasteiger partial charge in [0.2, 0.25) is 0 Å². The van der Waals surface area contributed by atoms with Crippen LogP contribution in [0.3, 0.4) is 0 Å². The van der Waals surface area contributed by atoms with Gasteiger partial charge in [0.1, 0.15) is 5.75 Å². The largest absolute Gasteiger partial charge is 0.508 e. The zero-order valence-electron chi connectivity index (χ0n) is 9.51. The molecule has 2 aromatic rings. The van der Waals surface area contributed by atoms with Crippen LogP contribution in [0.2, 0.25) is 5.15 Å². The molecule has 0 atom stereocenters. The van der Waals surface area contributed by atoms with Gasteiger partial charge in [-0.1, -0.05) is 11.6 Å². The summed E-state index contributed by atoms with van der Waals surface area (Å²) in [6.07, 6.45) is 2.87. The molecule has 0 unspecified atom stereocenters. The van der Waals surface area contributed by atoms with Crippen LogP contribution >= 0.6 is 11.6 Å². The van der Waals surface area contributed by atoms with Crippen LogP contribution in [0.1, 0.15) is 15.9 Å². The number of rotatable bonds is 2. The van der Waals surface area contributed by atoms with Gasteiger partial charge in [0, 0.05) is 18.0 Å². The highest BCUT2D eigenvalue weighted by atomic mass is 35.5. The minimum Gasteiger partial charge on any atom is -0.508 e. The smallest absolute Gasteiger partial charge is 0.257 e. The summed E-state index contributed by atoms with van der Waals surface area (Å²) in [5, 5.41) is 12.0. The van der Waals surface area contributed by atoms with E-state index in [9.17, 15) is 9.90 Å². The normalized spacial score (nSPS) is 10.1. The van der Waals surface area contributed by atoms with Crippen molar-refractivity contribution in [2.24, 2.45) is 0 Å². The second kappa shape index (κ2) is 5.01. The maximum atomic E-state index is 12.0. The molecule has 6 heteroatoms. The Kier molecular flexibility index (Phi) is 3.43.